The largest absolute Gasteiger partial charge is 0.496 e. The summed E-state index contributed by atoms with van der Waals surface area (Å²) in [5.74, 6) is 1.36. The van der Waals surface area contributed by atoms with E-state index in [1.807, 2.05) is 37.3 Å². The molecule has 1 unspecified atom stereocenters. The fourth-order valence-electron chi connectivity index (χ4n) is 2.12. The summed E-state index contributed by atoms with van der Waals surface area (Å²) in [6.07, 6.45) is 0.246. The van der Waals surface area contributed by atoms with Crippen molar-refractivity contribution < 1.29 is 14.6 Å². The van der Waals surface area contributed by atoms with Crippen LogP contribution in [0.5, 0.6) is 11.5 Å². The maximum atomic E-state index is 9.76. The Morgan fingerprint density at radius 2 is 1.91 bits per heavy atom. The van der Waals surface area contributed by atoms with Crippen molar-refractivity contribution in [1.29, 1.82) is 5.26 Å². The van der Waals surface area contributed by atoms with Gasteiger partial charge < -0.3 is 14.6 Å². The van der Waals surface area contributed by atoms with E-state index in [4.69, 9.17) is 14.7 Å². The standard InChI is InChI=1S/C18H19NO3/c1-3-17(20)14-6-8-16(9-7-14)22-12-15-5-4-13(11-19)10-18(15)21-2/h4-10,17,20H,3,12H2,1-2H3. The molecule has 0 aliphatic heterocycles. The van der Waals surface area contributed by atoms with Crippen molar-refractivity contribution in [1.82, 2.24) is 0 Å². The summed E-state index contributed by atoms with van der Waals surface area (Å²) in [6, 6.07) is 14.7. The minimum Gasteiger partial charge on any atom is -0.496 e. The Hall–Kier alpha value is -2.51. The number of hydrogen-bond donors (Lipinski definition) is 1. The molecule has 0 heterocycles. The lowest BCUT2D eigenvalue weighted by Crippen LogP contribution is -2.00. The maximum absolute atomic E-state index is 9.76. The third-order valence-corrected chi connectivity index (χ3v) is 3.46. The van der Waals surface area contributed by atoms with Gasteiger partial charge in [-0.15, -0.1) is 0 Å². The SMILES string of the molecule is CCC(O)c1ccc(OCc2ccc(C#N)cc2OC)cc1. The highest BCUT2D eigenvalue weighted by molar-refractivity contribution is 5.42. The van der Waals surface area contributed by atoms with E-state index in [1.165, 1.54) is 0 Å². The Kier molecular flexibility index (Phi) is 5.40. The second-order valence-corrected chi connectivity index (χ2v) is 4.92. The van der Waals surface area contributed by atoms with Crippen molar-refractivity contribution in [2.24, 2.45) is 0 Å². The number of aliphatic hydroxyl groups excluding tert-OH is 1. The molecule has 0 saturated carbocycles. The zero-order chi connectivity index (χ0) is 15.9. The van der Waals surface area contributed by atoms with Crippen LogP contribution in [0.4, 0.5) is 0 Å². The lowest BCUT2D eigenvalue weighted by molar-refractivity contribution is 0.173. The Bertz CT molecular complexity index is 659. The smallest absolute Gasteiger partial charge is 0.126 e. The van der Waals surface area contributed by atoms with Gasteiger partial charge in [0, 0.05) is 5.56 Å². The van der Waals surface area contributed by atoms with E-state index in [0.717, 1.165) is 16.9 Å². The van der Waals surface area contributed by atoms with Crippen molar-refractivity contribution in [3.8, 4) is 17.6 Å². The van der Waals surface area contributed by atoms with E-state index >= 15 is 0 Å². The van der Waals surface area contributed by atoms with Crippen LogP contribution in [0.3, 0.4) is 0 Å². The van der Waals surface area contributed by atoms with Gasteiger partial charge in [-0.1, -0.05) is 25.1 Å². The molecule has 2 aromatic rings. The van der Waals surface area contributed by atoms with Crippen molar-refractivity contribution in [2.75, 3.05) is 7.11 Å². The number of hydrogen-bond acceptors (Lipinski definition) is 4. The third-order valence-electron chi connectivity index (χ3n) is 3.46. The molecule has 2 rings (SSSR count). The van der Waals surface area contributed by atoms with E-state index in [0.29, 0.717) is 24.3 Å². The second-order valence-electron chi connectivity index (χ2n) is 4.92. The predicted octanol–water partition coefficient (Wildman–Crippen LogP) is 3.59. The Morgan fingerprint density at radius 1 is 1.18 bits per heavy atom. The van der Waals surface area contributed by atoms with Gasteiger partial charge in [0.2, 0.25) is 0 Å². The van der Waals surface area contributed by atoms with Gasteiger partial charge in [-0.25, -0.2) is 0 Å². The Labute approximate surface area is 130 Å². The van der Waals surface area contributed by atoms with Crippen molar-refractivity contribution in [3.63, 3.8) is 0 Å². The zero-order valence-electron chi connectivity index (χ0n) is 12.7. The van der Waals surface area contributed by atoms with Gasteiger partial charge in [-0.3, -0.25) is 0 Å². The molecule has 1 N–H and O–H groups in total. The third kappa shape index (κ3) is 3.78. The molecule has 4 nitrogen and oxygen atoms in total. The van der Waals surface area contributed by atoms with E-state index in [-0.39, 0.29) is 0 Å². The molecule has 0 bridgehead atoms. The molecule has 0 radical (unpaired) electrons. The highest BCUT2D eigenvalue weighted by atomic mass is 16.5. The molecule has 0 saturated heterocycles. The summed E-state index contributed by atoms with van der Waals surface area (Å²) in [6.45, 7) is 2.29. The highest BCUT2D eigenvalue weighted by Gasteiger charge is 2.07. The van der Waals surface area contributed by atoms with E-state index in [2.05, 4.69) is 6.07 Å². The number of nitrogens with zero attached hydrogens (tertiary/aromatic N) is 1. The molecular formula is C18H19NO3. The molecule has 22 heavy (non-hydrogen) atoms. The number of benzene rings is 2. The van der Waals surface area contributed by atoms with Crippen LogP contribution in [0, 0.1) is 11.3 Å². The van der Waals surface area contributed by atoms with Gasteiger partial charge in [0.25, 0.3) is 0 Å². The first kappa shape index (κ1) is 15.9. The monoisotopic (exact) mass is 297 g/mol. The van der Waals surface area contributed by atoms with Gasteiger partial charge >= 0.3 is 0 Å². The molecule has 4 heteroatoms. The molecule has 0 aliphatic rings. The summed E-state index contributed by atoms with van der Waals surface area (Å²) in [7, 11) is 1.57. The maximum Gasteiger partial charge on any atom is 0.126 e. The first-order chi connectivity index (χ1) is 10.7. The van der Waals surface area contributed by atoms with Gasteiger partial charge in [0.1, 0.15) is 18.1 Å². The minimum atomic E-state index is -0.437. The normalized spacial score (nSPS) is 11.5. The zero-order valence-corrected chi connectivity index (χ0v) is 12.7. The lowest BCUT2D eigenvalue weighted by atomic mass is 10.1. The summed E-state index contributed by atoms with van der Waals surface area (Å²) in [4.78, 5) is 0. The highest BCUT2D eigenvalue weighted by Crippen LogP contribution is 2.24. The molecular weight excluding hydrogens is 278 g/mol. The van der Waals surface area contributed by atoms with Crippen LogP contribution in [-0.4, -0.2) is 12.2 Å². The van der Waals surface area contributed by atoms with Crippen LogP contribution in [0.15, 0.2) is 42.5 Å². The summed E-state index contributed by atoms with van der Waals surface area (Å²) >= 11 is 0. The number of nitriles is 1. The molecule has 0 spiro atoms. The van der Waals surface area contributed by atoms with Crippen LogP contribution in [-0.2, 0) is 6.61 Å². The van der Waals surface area contributed by atoms with Crippen LogP contribution in [0.2, 0.25) is 0 Å². The average Bonchev–Trinajstić information content (AvgIpc) is 2.59. The van der Waals surface area contributed by atoms with Gasteiger partial charge in [0.15, 0.2) is 0 Å². The van der Waals surface area contributed by atoms with E-state index in [1.54, 1.807) is 19.2 Å². The van der Waals surface area contributed by atoms with Gasteiger partial charge in [-0.2, -0.15) is 5.26 Å². The lowest BCUT2D eigenvalue weighted by Gasteiger charge is -2.12. The van der Waals surface area contributed by atoms with Crippen LogP contribution >= 0.6 is 0 Å². The summed E-state index contributed by atoms with van der Waals surface area (Å²) in [5.41, 5.74) is 2.31. The second kappa shape index (κ2) is 7.48. The first-order valence-corrected chi connectivity index (χ1v) is 7.15. The number of ether oxygens (including phenoxy) is 2. The average molecular weight is 297 g/mol. The fraction of sp³-hybridized carbons (Fsp3) is 0.278. The van der Waals surface area contributed by atoms with Crippen molar-refractivity contribution >= 4 is 0 Å². The van der Waals surface area contributed by atoms with Crippen molar-refractivity contribution in [2.45, 2.75) is 26.1 Å². The van der Waals surface area contributed by atoms with Crippen LogP contribution in [0.1, 0.15) is 36.1 Å². The van der Waals surface area contributed by atoms with Crippen LogP contribution in [0.25, 0.3) is 0 Å². The molecule has 114 valence electrons. The molecule has 0 fully saturated rings. The molecule has 2 aromatic carbocycles. The number of methoxy groups -OCH3 is 1. The summed E-state index contributed by atoms with van der Waals surface area (Å²) in [5, 5.41) is 18.7. The molecule has 1 atom stereocenters. The van der Waals surface area contributed by atoms with E-state index < -0.39 is 6.10 Å². The minimum absolute atomic E-state index is 0.352. The van der Waals surface area contributed by atoms with Gasteiger partial charge in [0.05, 0.1) is 24.8 Å². The van der Waals surface area contributed by atoms with Crippen molar-refractivity contribution in [3.05, 3.63) is 59.2 Å². The first-order valence-electron chi connectivity index (χ1n) is 7.15. The van der Waals surface area contributed by atoms with Gasteiger partial charge in [-0.05, 0) is 36.2 Å². The Balaban J connectivity index is 2.05. The Morgan fingerprint density at radius 3 is 2.50 bits per heavy atom. The molecule has 0 aromatic heterocycles. The molecule has 0 amide bonds. The number of aliphatic hydroxyl groups is 1. The quantitative estimate of drug-likeness (QED) is 0.885. The fourth-order valence-corrected chi connectivity index (χ4v) is 2.12. The van der Waals surface area contributed by atoms with E-state index in [9.17, 15) is 5.11 Å². The predicted molar refractivity (Wildman–Crippen MR) is 83.7 cm³/mol. The topological polar surface area (TPSA) is 62.5 Å². The molecule has 0 aliphatic carbocycles. The van der Waals surface area contributed by atoms with Crippen LogP contribution < -0.4 is 9.47 Å². The summed E-state index contributed by atoms with van der Waals surface area (Å²) < 4.78 is 11.0. The number of rotatable bonds is 6.